The molecule has 3 fully saturated rings. The van der Waals surface area contributed by atoms with Crippen LogP contribution in [0.4, 0.5) is 0 Å². The van der Waals surface area contributed by atoms with E-state index in [0.717, 1.165) is 30.8 Å². The molecule has 0 amide bonds. The van der Waals surface area contributed by atoms with Crippen molar-refractivity contribution in [2.24, 2.45) is 35.0 Å². The molecule has 4 aliphatic rings. The lowest BCUT2D eigenvalue weighted by atomic mass is 9.53. The molecular formula is C22H36O2. The second-order valence-electron chi connectivity index (χ2n) is 9.90. The summed E-state index contributed by atoms with van der Waals surface area (Å²) >= 11 is 0. The Morgan fingerprint density at radius 1 is 1.21 bits per heavy atom. The van der Waals surface area contributed by atoms with Crippen molar-refractivity contribution >= 4 is 0 Å². The molecule has 0 aliphatic heterocycles. The van der Waals surface area contributed by atoms with Crippen LogP contribution in [-0.4, -0.2) is 23.9 Å². The van der Waals surface area contributed by atoms with Gasteiger partial charge in [0.1, 0.15) is 6.10 Å². The first-order valence-electron chi connectivity index (χ1n) is 10.5. The van der Waals surface area contributed by atoms with Crippen LogP contribution in [0.5, 0.6) is 0 Å². The molecule has 7 unspecified atom stereocenters. The highest BCUT2D eigenvalue weighted by Crippen LogP contribution is 2.61. The first-order chi connectivity index (χ1) is 11.5. The summed E-state index contributed by atoms with van der Waals surface area (Å²) in [5, 5.41) is 10.5. The predicted octanol–water partition coefficient (Wildman–Crippen LogP) is 4.96. The third-order valence-electron chi connectivity index (χ3n) is 7.85. The number of fused-ring (bicyclic) bond motifs is 5. The molecule has 136 valence electrons. The average Bonchev–Trinajstić information content (AvgIpc) is 2.94. The lowest BCUT2D eigenvalue weighted by Crippen LogP contribution is -2.46. The third-order valence-corrected chi connectivity index (χ3v) is 7.85. The minimum Gasteiger partial charge on any atom is -0.390 e. The van der Waals surface area contributed by atoms with E-state index in [1.54, 1.807) is 5.57 Å². The van der Waals surface area contributed by atoms with E-state index in [0.29, 0.717) is 17.3 Å². The number of aliphatic hydroxyl groups excluding tert-OH is 1. The largest absolute Gasteiger partial charge is 0.390 e. The van der Waals surface area contributed by atoms with Gasteiger partial charge in [-0.25, -0.2) is 0 Å². The fourth-order valence-corrected chi connectivity index (χ4v) is 6.66. The predicted molar refractivity (Wildman–Crippen MR) is 97.7 cm³/mol. The summed E-state index contributed by atoms with van der Waals surface area (Å²) in [5.74, 6) is 3.82. The highest BCUT2D eigenvalue weighted by atomic mass is 16.5. The van der Waals surface area contributed by atoms with Crippen LogP contribution in [0.1, 0.15) is 72.1 Å². The number of allylic oxidation sites excluding steroid dienone is 1. The maximum atomic E-state index is 10.5. The SMILES string of the molecule is CC(C)COC1C=C2C(CCC3C2CCC2(C)CCCC32)CC1O. The van der Waals surface area contributed by atoms with Gasteiger partial charge in [-0.15, -0.1) is 0 Å². The van der Waals surface area contributed by atoms with E-state index < -0.39 is 0 Å². The third kappa shape index (κ3) is 2.88. The van der Waals surface area contributed by atoms with Crippen LogP contribution in [0.15, 0.2) is 11.6 Å². The van der Waals surface area contributed by atoms with Gasteiger partial charge in [0.15, 0.2) is 0 Å². The van der Waals surface area contributed by atoms with Gasteiger partial charge in [0, 0.05) is 6.61 Å². The zero-order valence-electron chi connectivity index (χ0n) is 15.8. The highest BCUT2D eigenvalue weighted by Gasteiger charge is 2.52. The first kappa shape index (κ1) is 17.1. The zero-order valence-corrected chi connectivity index (χ0v) is 15.8. The summed E-state index contributed by atoms with van der Waals surface area (Å²) in [5.41, 5.74) is 2.32. The van der Waals surface area contributed by atoms with E-state index in [-0.39, 0.29) is 12.2 Å². The van der Waals surface area contributed by atoms with Crippen molar-refractivity contribution in [3.8, 4) is 0 Å². The van der Waals surface area contributed by atoms with Crippen LogP contribution in [0.3, 0.4) is 0 Å². The number of aliphatic hydroxyl groups is 1. The van der Waals surface area contributed by atoms with Gasteiger partial charge in [-0.3, -0.25) is 0 Å². The van der Waals surface area contributed by atoms with E-state index in [2.05, 4.69) is 26.8 Å². The second-order valence-corrected chi connectivity index (χ2v) is 9.90. The quantitative estimate of drug-likeness (QED) is 0.740. The fraction of sp³-hybridized carbons (Fsp3) is 0.909. The van der Waals surface area contributed by atoms with Crippen molar-refractivity contribution in [3.63, 3.8) is 0 Å². The normalized spacial score (nSPS) is 47.8. The molecule has 1 N–H and O–H groups in total. The molecule has 0 heterocycles. The molecule has 2 heteroatoms. The van der Waals surface area contributed by atoms with Crippen molar-refractivity contribution < 1.29 is 9.84 Å². The Bertz CT molecular complexity index is 496. The number of hydrogen-bond acceptors (Lipinski definition) is 2. The molecule has 4 aliphatic carbocycles. The number of ether oxygens (including phenoxy) is 1. The lowest BCUT2D eigenvalue weighted by Gasteiger charge is -2.52. The van der Waals surface area contributed by atoms with Crippen molar-refractivity contribution in [2.45, 2.75) is 84.3 Å². The van der Waals surface area contributed by atoms with Crippen LogP contribution >= 0.6 is 0 Å². The van der Waals surface area contributed by atoms with E-state index >= 15 is 0 Å². The molecule has 0 aromatic rings. The number of rotatable bonds is 3. The van der Waals surface area contributed by atoms with Crippen LogP contribution in [0, 0.1) is 35.0 Å². The number of hydrogen-bond donors (Lipinski definition) is 1. The second kappa shape index (κ2) is 6.43. The van der Waals surface area contributed by atoms with Gasteiger partial charge in [0.25, 0.3) is 0 Å². The first-order valence-corrected chi connectivity index (χ1v) is 10.5. The van der Waals surface area contributed by atoms with Crippen LogP contribution in [0.25, 0.3) is 0 Å². The summed E-state index contributed by atoms with van der Waals surface area (Å²) in [6.07, 6.45) is 12.8. The van der Waals surface area contributed by atoms with Crippen molar-refractivity contribution in [1.29, 1.82) is 0 Å². The summed E-state index contributed by atoms with van der Waals surface area (Å²) in [6.45, 7) is 7.69. The van der Waals surface area contributed by atoms with Crippen LogP contribution in [-0.2, 0) is 4.74 Å². The van der Waals surface area contributed by atoms with E-state index in [1.165, 1.54) is 44.9 Å². The molecule has 2 nitrogen and oxygen atoms in total. The molecule has 0 bridgehead atoms. The molecule has 7 atom stereocenters. The van der Waals surface area contributed by atoms with Gasteiger partial charge >= 0.3 is 0 Å². The smallest absolute Gasteiger partial charge is 0.102 e. The minimum absolute atomic E-state index is 0.0608. The van der Waals surface area contributed by atoms with E-state index in [4.69, 9.17) is 4.74 Å². The molecule has 0 radical (unpaired) electrons. The topological polar surface area (TPSA) is 29.5 Å². The lowest BCUT2D eigenvalue weighted by molar-refractivity contribution is -0.0456. The maximum Gasteiger partial charge on any atom is 0.102 e. The van der Waals surface area contributed by atoms with E-state index in [1.807, 2.05) is 0 Å². The highest BCUT2D eigenvalue weighted by molar-refractivity contribution is 5.24. The van der Waals surface area contributed by atoms with Gasteiger partial charge in [0.05, 0.1) is 6.10 Å². The fourth-order valence-electron chi connectivity index (χ4n) is 6.66. The summed E-state index contributed by atoms with van der Waals surface area (Å²) in [7, 11) is 0. The summed E-state index contributed by atoms with van der Waals surface area (Å²) in [4.78, 5) is 0. The maximum absolute atomic E-state index is 10.5. The monoisotopic (exact) mass is 332 g/mol. The summed E-state index contributed by atoms with van der Waals surface area (Å²) < 4.78 is 6.07. The van der Waals surface area contributed by atoms with Crippen LogP contribution in [0.2, 0.25) is 0 Å². The standard InChI is InChI=1S/C22H36O2/c1-14(2)13-24-21-12-18-15(11-20(21)23)6-7-17-16(18)8-10-22(3)9-4-5-19(17)22/h12,14-17,19-21,23H,4-11,13H2,1-3H3. The van der Waals surface area contributed by atoms with Gasteiger partial charge in [-0.05, 0) is 80.0 Å². The molecule has 0 aromatic heterocycles. The minimum atomic E-state index is -0.297. The van der Waals surface area contributed by atoms with Gasteiger partial charge in [-0.2, -0.15) is 0 Å². The van der Waals surface area contributed by atoms with Gasteiger partial charge in [0.2, 0.25) is 0 Å². The Balaban J connectivity index is 1.55. The molecule has 4 rings (SSSR count). The Kier molecular flexibility index (Phi) is 4.58. The average molecular weight is 333 g/mol. The molecule has 24 heavy (non-hydrogen) atoms. The molecule has 0 aromatic carbocycles. The molecular weight excluding hydrogens is 296 g/mol. The Morgan fingerprint density at radius 3 is 2.83 bits per heavy atom. The van der Waals surface area contributed by atoms with Gasteiger partial charge in [-0.1, -0.05) is 38.8 Å². The molecule has 0 spiro atoms. The van der Waals surface area contributed by atoms with Crippen LogP contribution < -0.4 is 0 Å². The Labute approximate surface area is 148 Å². The molecule has 3 saturated carbocycles. The summed E-state index contributed by atoms with van der Waals surface area (Å²) in [6, 6.07) is 0. The van der Waals surface area contributed by atoms with Gasteiger partial charge < -0.3 is 9.84 Å². The van der Waals surface area contributed by atoms with Crippen molar-refractivity contribution in [3.05, 3.63) is 11.6 Å². The van der Waals surface area contributed by atoms with Crippen molar-refractivity contribution in [2.75, 3.05) is 6.61 Å². The zero-order chi connectivity index (χ0) is 16.9. The Hall–Kier alpha value is -0.340. The van der Waals surface area contributed by atoms with E-state index in [9.17, 15) is 5.11 Å². The Morgan fingerprint density at radius 2 is 2.04 bits per heavy atom. The van der Waals surface area contributed by atoms with Crippen molar-refractivity contribution in [1.82, 2.24) is 0 Å². The molecule has 0 saturated heterocycles.